The Morgan fingerprint density at radius 2 is 2.39 bits per heavy atom. The van der Waals surface area contributed by atoms with Gasteiger partial charge in [-0.3, -0.25) is 9.78 Å². The number of hydrogen-bond acceptors (Lipinski definition) is 3. The largest absolute Gasteiger partial charge is 0.486 e. The average Bonchev–Trinajstić information content (AvgIpc) is 2.95. The van der Waals surface area contributed by atoms with E-state index in [4.69, 9.17) is 16.3 Å². The van der Waals surface area contributed by atoms with E-state index < -0.39 is 0 Å². The van der Waals surface area contributed by atoms with E-state index in [2.05, 4.69) is 26.2 Å². The van der Waals surface area contributed by atoms with Gasteiger partial charge in [-0.05, 0) is 29.8 Å². The molecule has 3 rings (SSSR count). The molecule has 2 aromatic rings. The van der Waals surface area contributed by atoms with Crippen molar-refractivity contribution in [2.24, 2.45) is 0 Å². The van der Waals surface area contributed by atoms with Gasteiger partial charge < -0.3 is 10.1 Å². The van der Waals surface area contributed by atoms with Crippen molar-refractivity contribution in [2.45, 2.75) is 12.5 Å². The molecule has 0 bridgehead atoms. The molecule has 1 aromatic carbocycles. The zero-order valence-corrected chi connectivity index (χ0v) is 14.5. The minimum Gasteiger partial charge on any atom is -0.486 e. The lowest BCUT2D eigenvalue weighted by molar-refractivity contribution is -0.116. The van der Waals surface area contributed by atoms with Crippen molar-refractivity contribution in [3.05, 3.63) is 63.4 Å². The van der Waals surface area contributed by atoms with Crippen LogP contribution in [0.15, 0.2) is 47.2 Å². The first-order valence-corrected chi connectivity index (χ1v) is 8.29. The van der Waals surface area contributed by atoms with Crippen LogP contribution < -0.4 is 10.1 Å². The van der Waals surface area contributed by atoms with Gasteiger partial charge >= 0.3 is 0 Å². The number of amides is 1. The molecule has 1 unspecified atom stereocenters. The molecule has 0 saturated heterocycles. The normalized spacial score (nSPS) is 16.2. The summed E-state index contributed by atoms with van der Waals surface area (Å²) in [6, 6.07) is 7.50. The van der Waals surface area contributed by atoms with Gasteiger partial charge in [0.15, 0.2) is 0 Å². The Kier molecular flexibility index (Phi) is 4.98. The quantitative estimate of drug-likeness (QED) is 0.807. The third kappa shape index (κ3) is 4.12. The van der Waals surface area contributed by atoms with E-state index in [-0.39, 0.29) is 12.0 Å². The van der Waals surface area contributed by atoms with Gasteiger partial charge in [-0.25, -0.2) is 0 Å². The number of benzene rings is 1. The molecule has 0 radical (unpaired) electrons. The fourth-order valence-electron chi connectivity index (χ4n) is 2.38. The van der Waals surface area contributed by atoms with Crippen LogP contribution in [0.1, 0.15) is 11.1 Å². The molecule has 2 heterocycles. The van der Waals surface area contributed by atoms with Gasteiger partial charge in [-0.1, -0.05) is 33.6 Å². The molecule has 118 valence electrons. The van der Waals surface area contributed by atoms with Crippen LogP contribution >= 0.6 is 27.5 Å². The number of carbonyl (C=O) groups is 1. The molecule has 23 heavy (non-hydrogen) atoms. The van der Waals surface area contributed by atoms with Crippen molar-refractivity contribution in [2.75, 3.05) is 6.54 Å². The van der Waals surface area contributed by atoms with Crippen LogP contribution in [-0.4, -0.2) is 23.5 Å². The number of fused-ring (bicyclic) bond motifs is 1. The Balaban J connectivity index is 1.53. The molecule has 1 aromatic heterocycles. The lowest BCUT2D eigenvalue weighted by Crippen LogP contribution is -2.33. The third-order valence-electron chi connectivity index (χ3n) is 3.43. The monoisotopic (exact) mass is 392 g/mol. The number of ether oxygens (including phenoxy) is 1. The molecule has 1 N–H and O–H groups in total. The first kappa shape index (κ1) is 16.0. The molecule has 1 aliphatic rings. The summed E-state index contributed by atoms with van der Waals surface area (Å²) in [7, 11) is 0. The van der Waals surface area contributed by atoms with Crippen molar-refractivity contribution in [3.63, 3.8) is 0 Å². The molecule has 0 saturated carbocycles. The number of rotatable bonds is 4. The lowest BCUT2D eigenvalue weighted by atomic mass is 10.1. The Bertz CT molecular complexity index is 750. The van der Waals surface area contributed by atoms with Crippen molar-refractivity contribution in [1.82, 2.24) is 10.3 Å². The maximum Gasteiger partial charge on any atom is 0.244 e. The predicted octanol–water partition coefficient (Wildman–Crippen LogP) is 3.63. The highest BCUT2D eigenvalue weighted by Crippen LogP contribution is 2.38. The zero-order chi connectivity index (χ0) is 16.2. The maximum absolute atomic E-state index is 11.9. The van der Waals surface area contributed by atoms with Crippen molar-refractivity contribution >= 4 is 39.5 Å². The smallest absolute Gasteiger partial charge is 0.244 e. The van der Waals surface area contributed by atoms with Gasteiger partial charge in [-0.2, -0.15) is 0 Å². The summed E-state index contributed by atoms with van der Waals surface area (Å²) in [5, 5.41) is 3.42. The molecule has 0 fully saturated rings. The average molecular weight is 394 g/mol. The first-order valence-electron chi connectivity index (χ1n) is 7.12. The standard InChI is InChI=1S/C17H14BrClN2O2/c18-13-6-12-7-14(23-17(12)15(19)8-13)10-21-16(22)4-3-11-2-1-5-20-9-11/h1-6,8-9,14H,7,10H2,(H,21,22). The Morgan fingerprint density at radius 3 is 3.17 bits per heavy atom. The van der Waals surface area contributed by atoms with Crippen LogP contribution in [0.25, 0.3) is 6.08 Å². The molecule has 0 aliphatic carbocycles. The summed E-state index contributed by atoms with van der Waals surface area (Å²) < 4.78 is 6.73. The van der Waals surface area contributed by atoms with E-state index in [0.29, 0.717) is 17.3 Å². The minimum atomic E-state index is -0.166. The van der Waals surface area contributed by atoms with Crippen molar-refractivity contribution in [1.29, 1.82) is 0 Å². The van der Waals surface area contributed by atoms with Crippen LogP contribution in [0.4, 0.5) is 0 Å². The highest BCUT2D eigenvalue weighted by molar-refractivity contribution is 9.10. The predicted molar refractivity (Wildman–Crippen MR) is 93.6 cm³/mol. The number of hydrogen-bond donors (Lipinski definition) is 1. The number of aromatic nitrogens is 1. The fourth-order valence-corrected chi connectivity index (χ4v) is 3.31. The van der Waals surface area contributed by atoms with E-state index in [1.165, 1.54) is 6.08 Å². The SMILES string of the molecule is O=C(C=Cc1cccnc1)NCC1Cc2cc(Br)cc(Cl)c2O1. The third-order valence-corrected chi connectivity index (χ3v) is 4.17. The first-order chi connectivity index (χ1) is 11.1. The van der Waals surface area contributed by atoms with Gasteiger partial charge in [0, 0.05) is 34.9 Å². The summed E-state index contributed by atoms with van der Waals surface area (Å²) >= 11 is 9.58. The second-order valence-corrected chi connectivity index (χ2v) is 6.51. The van der Waals surface area contributed by atoms with Gasteiger partial charge in [-0.15, -0.1) is 0 Å². The van der Waals surface area contributed by atoms with Crippen LogP contribution in [0.5, 0.6) is 5.75 Å². The van der Waals surface area contributed by atoms with Crippen LogP contribution in [0.3, 0.4) is 0 Å². The molecule has 6 heteroatoms. The topological polar surface area (TPSA) is 51.2 Å². The van der Waals surface area contributed by atoms with Crippen molar-refractivity contribution < 1.29 is 9.53 Å². The zero-order valence-electron chi connectivity index (χ0n) is 12.1. The molecular formula is C17H14BrClN2O2. The number of pyridine rings is 1. The van der Waals surface area contributed by atoms with Crippen LogP contribution in [-0.2, 0) is 11.2 Å². The summed E-state index contributed by atoms with van der Waals surface area (Å²) in [5.74, 6) is 0.542. The molecule has 1 aliphatic heterocycles. The van der Waals surface area contributed by atoms with E-state index in [1.54, 1.807) is 24.5 Å². The van der Waals surface area contributed by atoms with Crippen LogP contribution in [0.2, 0.25) is 5.02 Å². The number of carbonyl (C=O) groups excluding carboxylic acids is 1. The minimum absolute atomic E-state index is 0.104. The Morgan fingerprint density at radius 1 is 1.52 bits per heavy atom. The van der Waals surface area contributed by atoms with Gasteiger partial charge in [0.1, 0.15) is 11.9 Å². The Hall–Kier alpha value is -1.85. The maximum atomic E-state index is 11.9. The summed E-state index contributed by atoms with van der Waals surface area (Å²) in [6.07, 6.45) is 7.22. The molecule has 1 amide bonds. The second-order valence-electron chi connectivity index (χ2n) is 5.18. The van der Waals surface area contributed by atoms with E-state index >= 15 is 0 Å². The van der Waals surface area contributed by atoms with Crippen molar-refractivity contribution in [3.8, 4) is 5.75 Å². The highest BCUT2D eigenvalue weighted by Gasteiger charge is 2.25. The van der Waals surface area contributed by atoms with Gasteiger partial charge in [0.25, 0.3) is 0 Å². The highest BCUT2D eigenvalue weighted by atomic mass is 79.9. The summed E-state index contributed by atoms with van der Waals surface area (Å²) in [4.78, 5) is 15.9. The second kappa shape index (κ2) is 7.15. The molecule has 4 nitrogen and oxygen atoms in total. The number of nitrogens with zero attached hydrogens (tertiary/aromatic N) is 1. The molecule has 0 spiro atoms. The van der Waals surface area contributed by atoms with E-state index in [0.717, 1.165) is 22.0 Å². The number of halogens is 2. The van der Waals surface area contributed by atoms with E-state index in [1.807, 2.05) is 18.2 Å². The van der Waals surface area contributed by atoms with E-state index in [9.17, 15) is 4.79 Å². The number of nitrogens with one attached hydrogen (secondary N) is 1. The fraction of sp³-hybridized carbons (Fsp3) is 0.176. The van der Waals surface area contributed by atoms with Crippen LogP contribution in [0, 0.1) is 0 Å². The van der Waals surface area contributed by atoms with Gasteiger partial charge in [0.2, 0.25) is 5.91 Å². The molecular weight excluding hydrogens is 380 g/mol. The Labute approximate surface area is 147 Å². The molecule has 1 atom stereocenters. The summed E-state index contributed by atoms with van der Waals surface area (Å²) in [5.41, 5.74) is 1.93. The lowest BCUT2D eigenvalue weighted by Gasteiger charge is -2.11. The summed E-state index contributed by atoms with van der Waals surface area (Å²) in [6.45, 7) is 0.429. The van der Waals surface area contributed by atoms with Gasteiger partial charge in [0.05, 0.1) is 11.6 Å².